The van der Waals surface area contributed by atoms with E-state index in [4.69, 9.17) is 0 Å². The van der Waals surface area contributed by atoms with Crippen molar-refractivity contribution in [3.05, 3.63) is 59.0 Å². The molecule has 104 valence electrons. The van der Waals surface area contributed by atoms with Crippen LogP contribution in [0, 0.1) is 6.92 Å². The maximum Gasteiger partial charge on any atom is 0.294 e. The summed E-state index contributed by atoms with van der Waals surface area (Å²) < 4.78 is 4.65. The van der Waals surface area contributed by atoms with Crippen molar-refractivity contribution in [2.75, 3.05) is 0 Å². The number of hydrogen-bond acceptors (Lipinski definition) is 1. The molecule has 0 radical (unpaired) electrons. The van der Waals surface area contributed by atoms with Gasteiger partial charge in [-0.3, -0.25) is 0 Å². The second-order valence-electron chi connectivity index (χ2n) is 5.45. The zero-order valence-corrected chi connectivity index (χ0v) is 13.0. The molecule has 0 atom stereocenters. The largest absolute Gasteiger partial charge is 0.294 e. The number of hydrogen-bond donors (Lipinski definition) is 0. The summed E-state index contributed by atoms with van der Waals surface area (Å²) in [6, 6.07) is 15.2. The first-order chi connectivity index (χ1) is 10.3. The Bertz CT molecular complexity index is 874. The Labute approximate surface area is 128 Å². The number of thioether (sulfide) groups is 1. The number of aryl methyl sites for hydroxylation is 2. The zero-order valence-electron chi connectivity index (χ0n) is 12.2. The zero-order chi connectivity index (χ0) is 14.4. The highest BCUT2D eigenvalue weighted by Crippen LogP contribution is 2.30. The average molecular weight is 293 g/mol. The Morgan fingerprint density at radius 2 is 1.95 bits per heavy atom. The predicted octanol–water partition coefficient (Wildman–Crippen LogP) is 4.12. The van der Waals surface area contributed by atoms with E-state index in [9.17, 15) is 0 Å². The summed E-state index contributed by atoms with van der Waals surface area (Å²) in [5.41, 5.74) is 6.62. The number of aromatic nitrogens is 2. The SMILES string of the molecule is Cc1ccccc1-c1n(C)c2cccc3c2[n+]1C=CSC3. The standard InChI is InChI=1S/C18H17N2S/c1-13-6-3-4-8-15(13)18-19(2)16-9-5-7-14-12-21-11-10-20(18)17(14)16/h3-11H,12H2,1-2H3/q+1. The van der Waals surface area contributed by atoms with Crippen LogP contribution < -0.4 is 4.57 Å². The second-order valence-corrected chi connectivity index (χ2v) is 6.34. The lowest BCUT2D eigenvalue weighted by Crippen LogP contribution is -2.28. The molecule has 1 aliphatic rings. The van der Waals surface area contributed by atoms with Crippen LogP contribution in [0.25, 0.3) is 28.6 Å². The average Bonchev–Trinajstić information content (AvgIpc) is 2.66. The highest BCUT2D eigenvalue weighted by Gasteiger charge is 2.26. The fraction of sp³-hybridized carbons (Fsp3) is 0.167. The van der Waals surface area contributed by atoms with Gasteiger partial charge in [0.25, 0.3) is 5.82 Å². The van der Waals surface area contributed by atoms with E-state index in [1.54, 1.807) is 0 Å². The molecule has 0 amide bonds. The molecular weight excluding hydrogens is 276 g/mol. The fourth-order valence-electron chi connectivity index (χ4n) is 3.15. The molecule has 2 nitrogen and oxygen atoms in total. The molecule has 2 heterocycles. The number of rotatable bonds is 1. The van der Waals surface area contributed by atoms with E-state index in [2.05, 4.69) is 77.2 Å². The van der Waals surface area contributed by atoms with Gasteiger partial charge in [0.1, 0.15) is 6.20 Å². The van der Waals surface area contributed by atoms with Crippen LogP contribution >= 0.6 is 11.8 Å². The molecule has 0 fully saturated rings. The van der Waals surface area contributed by atoms with E-state index in [1.807, 2.05) is 11.8 Å². The summed E-state index contributed by atoms with van der Waals surface area (Å²) in [7, 11) is 2.16. The molecule has 0 bridgehead atoms. The van der Waals surface area contributed by atoms with Crippen LogP contribution in [0.3, 0.4) is 0 Å². The van der Waals surface area contributed by atoms with E-state index in [0.29, 0.717) is 0 Å². The van der Waals surface area contributed by atoms with Crippen molar-refractivity contribution in [3.8, 4) is 11.4 Å². The molecule has 0 unspecified atom stereocenters. The van der Waals surface area contributed by atoms with Gasteiger partial charge >= 0.3 is 0 Å². The van der Waals surface area contributed by atoms with E-state index < -0.39 is 0 Å². The van der Waals surface area contributed by atoms with Gasteiger partial charge in [0.2, 0.25) is 0 Å². The van der Waals surface area contributed by atoms with E-state index in [-0.39, 0.29) is 0 Å². The maximum absolute atomic E-state index is 2.34. The van der Waals surface area contributed by atoms with E-state index in [0.717, 1.165) is 5.75 Å². The van der Waals surface area contributed by atoms with Crippen molar-refractivity contribution in [1.29, 1.82) is 0 Å². The summed E-state index contributed by atoms with van der Waals surface area (Å²) in [6.45, 7) is 2.18. The first kappa shape index (κ1) is 12.7. The lowest BCUT2D eigenvalue weighted by atomic mass is 10.1. The van der Waals surface area contributed by atoms with Gasteiger partial charge in [-0.15, -0.1) is 11.8 Å². The predicted molar refractivity (Wildman–Crippen MR) is 89.9 cm³/mol. The molecule has 0 saturated carbocycles. The second kappa shape index (κ2) is 4.78. The van der Waals surface area contributed by atoms with Crippen LogP contribution in [0.1, 0.15) is 11.1 Å². The van der Waals surface area contributed by atoms with Gasteiger partial charge < -0.3 is 0 Å². The molecular formula is C18H17N2S+. The first-order valence-electron chi connectivity index (χ1n) is 7.13. The molecule has 2 aromatic carbocycles. The van der Waals surface area contributed by atoms with Crippen molar-refractivity contribution in [1.82, 2.24) is 4.57 Å². The number of imidazole rings is 1. The molecule has 0 saturated heterocycles. The number of para-hydroxylation sites is 1. The Morgan fingerprint density at radius 1 is 1.10 bits per heavy atom. The fourth-order valence-corrected chi connectivity index (χ4v) is 3.86. The summed E-state index contributed by atoms with van der Waals surface area (Å²) in [5.74, 6) is 2.28. The molecule has 1 aromatic heterocycles. The third-order valence-electron chi connectivity index (χ3n) is 4.18. The Kier molecular flexibility index (Phi) is 2.89. The van der Waals surface area contributed by atoms with Crippen LogP contribution in [0.15, 0.2) is 47.9 Å². The minimum atomic E-state index is 1.03. The van der Waals surface area contributed by atoms with Crippen molar-refractivity contribution in [2.45, 2.75) is 12.7 Å². The van der Waals surface area contributed by atoms with Crippen LogP contribution in [0.2, 0.25) is 0 Å². The molecule has 4 rings (SSSR count). The van der Waals surface area contributed by atoms with Gasteiger partial charge in [-0.05, 0) is 24.6 Å². The third kappa shape index (κ3) is 1.84. The lowest BCUT2D eigenvalue weighted by Gasteiger charge is -2.02. The minimum Gasteiger partial charge on any atom is -0.225 e. The molecule has 1 aliphatic heterocycles. The first-order valence-corrected chi connectivity index (χ1v) is 8.18. The number of benzene rings is 2. The lowest BCUT2D eigenvalue weighted by molar-refractivity contribution is -0.527. The summed E-state index contributed by atoms with van der Waals surface area (Å²) in [5, 5.41) is 2.20. The maximum atomic E-state index is 2.34. The van der Waals surface area contributed by atoms with E-state index in [1.165, 1.54) is 33.5 Å². The minimum absolute atomic E-state index is 1.03. The molecule has 3 aromatic rings. The van der Waals surface area contributed by atoms with Crippen molar-refractivity contribution >= 4 is 29.0 Å². The Hall–Kier alpha value is -2.00. The normalized spacial score (nSPS) is 13.6. The van der Waals surface area contributed by atoms with Crippen LogP contribution in [-0.4, -0.2) is 4.57 Å². The third-order valence-corrected chi connectivity index (χ3v) is 4.97. The quantitative estimate of drug-likeness (QED) is 0.613. The molecule has 3 heteroatoms. The van der Waals surface area contributed by atoms with Gasteiger partial charge in [0.15, 0.2) is 11.0 Å². The molecule has 0 spiro atoms. The highest BCUT2D eigenvalue weighted by molar-refractivity contribution is 8.01. The monoisotopic (exact) mass is 293 g/mol. The van der Waals surface area contributed by atoms with Gasteiger partial charge in [-0.2, -0.15) is 4.57 Å². The summed E-state index contributed by atoms with van der Waals surface area (Å²) in [6.07, 6.45) is 2.20. The Morgan fingerprint density at radius 3 is 2.81 bits per heavy atom. The highest BCUT2D eigenvalue weighted by atomic mass is 32.2. The molecule has 21 heavy (non-hydrogen) atoms. The van der Waals surface area contributed by atoms with Crippen LogP contribution in [0.5, 0.6) is 0 Å². The van der Waals surface area contributed by atoms with Gasteiger partial charge in [0.05, 0.1) is 12.6 Å². The van der Waals surface area contributed by atoms with Crippen molar-refractivity contribution < 1.29 is 4.57 Å². The summed E-state index contributed by atoms with van der Waals surface area (Å²) >= 11 is 1.85. The van der Waals surface area contributed by atoms with Crippen molar-refractivity contribution in [3.63, 3.8) is 0 Å². The van der Waals surface area contributed by atoms with Gasteiger partial charge in [-0.1, -0.05) is 30.3 Å². The topological polar surface area (TPSA) is 8.81 Å². The van der Waals surface area contributed by atoms with Gasteiger partial charge in [-0.25, -0.2) is 4.57 Å². The molecule has 0 N–H and O–H groups in total. The van der Waals surface area contributed by atoms with Crippen LogP contribution in [-0.2, 0) is 12.8 Å². The van der Waals surface area contributed by atoms with Gasteiger partial charge in [0, 0.05) is 16.7 Å². The summed E-state index contributed by atoms with van der Waals surface area (Å²) in [4.78, 5) is 0. The van der Waals surface area contributed by atoms with Crippen LogP contribution in [0.4, 0.5) is 0 Å². The van der Waals surface area contributed by atoms with E-state index >= 15 is 0 Å². The smallest absolute Gasteiger partial charge is 0.225 e. The number of nitrogens with zero attached hydrogens (tertiary/aromatic N) is 2. The molecule has 0 aliphatic carbocycles. The Balaban J connectivity index is 2.17. The van der Waals surface area contributed by atoms with Crippen molar-refractivity contribution in [2.24, 2.45) is 7.05 Å².